The number of rotatable bonds is 8. The number of aliphatic imine (C=N–C) groups is 1. The molecule has 0 unspecified atom stereocenters. The van der Waals surface area contributed by atoms with Crippen LogP contribution in [0.3, 0.4) is 0 Å². The van der Waals surface area contributed by atoms with Gasteiger partial charge in [0.25, 0.3) is 0 Å². The summed E-state index contributed by atoms with van der Waals surface area (Å²) in [6.45, 7) is 6.74. The molecule has 0 heterocycles. The Morgan fingerprint density at radius 3 is 2.62 bits per heavy atom. The predicted octanol–water partition coefficient (Wildman–Crippen LogP) is 3.39. The molecule has 26 heavy (non-hydrogen) atoms. The van der Waals surface area contributed by atoms with E-state index in [1.807, 2.05) is 6.07 Å². The van der Waals surface area contributed by atoms with Crippen LogP contribution < -0.4 is 15.4 Å². The minimum Gasteiger partial charge on any atom is -0.496 e. The zero-order valence-corrected chi connectivity index (χ0v) is 16.6. The molecule has 0 aliphatic heterocycles. The van der Waals surface area contributed by atoms with Crippen molar-refractivity contribution >= 4 is 5.96 Å². The summed E-state index contributed by atoms with van der Waals surface area (Å²) in [7, 11) is 1.70. The molecule has 5 nitrogen and oxygen atoms in total. The lowest BCUT2D eigenvalue weighted by Gasteiger charge is -2.37. The van der Waals surface area contributed by atoms with Crippen molar-refractivity contribution in [1.82, 2.24) is 10.6 Å². The number of aryl methyl sites for hydroxylation is 1. The van der Waals surface area contributed by atoms with Crippen molar-refractivity contribution in [3.8, 4) is 5.75 Å². The Bertz CT molecular complexity index is 575. The van der Waals surface area contributed by atoms with Crippen molar-refractivity contribution in [2.24, 2.45) is 10.4 Å². The topological polar surface area (TPSA) is 65.9 Å². The van der Waals surface area contributed by atoms with Crippen molar-refractivity contribution in [2.45, 2.75) is 58.9 Å². The Hall–Kier alpha value is -1.75. The Morgan fingerprint density at radius 2 is 2.00 bits per heavy atom. The van der Waals surface area contributed by atoms with Crippen LogP contribution in [0, 0.1) is 12.3 Å². The summed E-state index contributed by atoms with van der Waals surface area (Å²) in [6.07, 6.45) is 7.10. The summed E-state index contributed by atoms with van der Waals surface area (Å²) < 4.78 is 5.32. The van der Waals surface area contributed by atoms with Crippen LogP contribution in [0.4, 0.5) is 0 Å². The van der Waals surface area contributed by atoms with E-state index < -0.39 is 0 Å². The quantitative estimate of drug-likeness (QED) is 0.490. The lowest BCUT2D eigenvalue weighted by atomic mass is 9.72. The van der Waals surface area contributed by atoms with Gasteiger partial charge >= 0.3 is 0 Å². The number of nitrogens with zero attached hydrogens (tertiary/aromatic N) is 1. The van der Waals surface area contributed by atoms with E-state index in [0.29, 0.717) is 6.54 Å². The van der Waals surface area contributed by atoms with E-state index >= 15 is 0 Å². The maximum absolute atomic E-state index is 9.49. The van der Waals surface area contributed by atoms with Gasteiger partial charge in [0, 0.05) is 19.7 Å². The van der Waals surface area contributed by atoms with Crippen molar-refractivity contribution in [2.75, 3.05) is 26.8 Å². The molecule has 1 aliphatic carbocycles. The highest BCUT2D eigenvalue weighted by atomic mass is 16.5. The minimum absolute atomic E-state index is 0.208. The van der Waals surface area contributed by atoms with Gasteiger partial charge in [-0.05, 0) is 55.7 Å². The van der Waals surface area contributed by atoms with E-state index in [9.17, 15) is 5.11 Å². The molecule has 0 saturated heterocycles. The highest BCUT2D eigenvalue weighted by Gasteiger charge is 2.31. The third-order valence-electron chi connectivity index (χ3n) is 5.41. The van der Waals surface area contributed by atoms with Crippen LogP contribution in [0.25, 0.3) is 0 Å². The number of benzene rings is 1. The van der Waals surface area contributed by atoms with Crippen molar-refractivity contribution in [3.63, 3.8) is 0 Å². The van der Waals surface area contributed by atoms with Gasteiger partial charge in [0.1, 0.15) is 5.75 Å². The average Bonchev–Trinajstić information content (AvgIpc) is 2.65. The fraction of sp³-hybridized carbons (Fsp3) is 0.667. The van der Waals surface area contributed by atoms with Crippen molar-refractivity contribution in [1.29, 1.82) is 0 Å². The zero-order valence-electron chi connectivity index (χ0n) is 16.6. The maximum Gasteiger partial charge on any atom is 0.191 e. The number of hydrogen-bond donors (Lipinski definition) is 3. The molecule has 2 rings (SSSR count). The summed E-state index contributed by atoms with van der Waals surface area (Å²) in [5.41, 5.74) is 2.50. The van der Waals surface area contributed by atoms with Gasteiger partial charge < -0.3 is 20.5 Å². The Kier molecular flexibility index (Phi) is 8.23. The van der Waals surface area contributed by atoms with Gasteiger partial charge in [-0.3, -0.25) is 0 Å². The summed E-state index contributed by atoms with van der Waals surface area (Å²) in [4.78, 5) is 4.75. The lowest BCUT2D eigenvalue weighted by Crippen LogP contribution is -2.44. The summed E-state index contributed by atoms with van der Waals surface area (Å²) in [5.74, 6) is 1.76. The predicted molar refractivity (Wildman–Crippen MR) is 108 cm³/mol. The molecular formula is C21H35N3O2. The molecule has 0 radical (unpaired) electrons. The van der Waals surface area contributed by atoms with Crippen LogP contribution in [-0.4, -0.2) is 37.9 Å². The Labute approximate surface area is 158 Å². The first-order chi connectivity index (χ1) is 12.6. The fourth-order valence-corrected chi connectivity index (χ4v) is 3.88. The second kappa shape index (κ2) is 10.4. The van der Waals surface area contributed by atoms with Crippen LogP contribution >= 0.6 is 0 Å². The van der Waals surface area contributed by atoms with Gasteiger partial charge in [0.15, 0.2) is 5.96 Å². The molecule has 0 aromatic heterocycles. The van der Waals surface area contributed by atoms with Gasteiger partial charge in [-0.15, -0.1) is 0 Å². The Balaban J connectivity index is 2.00. The number of ether oxygens (including phenoxy) is 1. The van der Waals surface area contributed by atoms with E-state index in [-0.39, 0.29) is 12.0 Å². The normalized spacial score (nSPS) is 17.0. The molecule has 5 heteroatoms. The molecule has 1 saturated carbocycles. The van der Waals surface area contributed by atoms with Crippen LogP contribution in [0.5, 0.6) is 5.75 Å². The molecule has 0 atom stereocenters. The molecule has 1 aromatic rings. The monoisotopic (exact) mass is 361 g/mol. The molecule has 1 aromatic carbocycles. The van der Waals surface area contributed by atoms with Gasteiger partial charge in [0.2, 0.25) is 0 Å². The van der Waals surface area contributed by atoms with Crippen LogP contribution in [0.15, 0.2) is 23.2 Å². The number of hydrogen-bond acceptors (Lipinski definition) is 3. The molecule has 0 spiro atoms. The first kappa shape index (κ1) is 20.6. The van der Waals surface area contributed by atoms with Crippen molar-refractivity contribution < 1.29 is 9.84 Å². The molecular weight excluding hydrogens is 326 g/mol. The third-order valence-corrected chi connectivity index (χ3v) is 5.41. The number of methoxy groups -OCH3 is 1. The van der Waals surface area contributed by atoms with E-state index in [1.54, 1.807) is 7.11 Å². The highest BCUT2D eigenvalue weighted by molar-refractivity contribution is 5.79. The number of guanidine groups is 1. The van der Waals surface area contributed by atoms with Crippen molar-refractivity contribution in [3.05, 3.63) is 29.3 Å². The number of aliphatic hydroxyl groups is 1. The smallest absolute Gasteiger partial charge is 0.191 e. The second-order valence-corrected chi connectivity index (χ2v) is 7.39. The number of aliphatic hydroxyl groups excluding tert-OH is 1. The molecule has 1 fully saturated rings. The van der Waals surface area contributed by atoms with E-state index in [0.717, 1.165) is 36.8 Å². The molecule has 1 aliphatic rings. The van der Waals surface area contributed by atoms with Gasteiger partial charge in [-0.1, -0.05) is 31.4 Å². The zero-order chi connectivity index (χ0) is 18.8. The largest absolute Gasteiger partial charge is 0.496 e. The van der Waals surface area contributed by atoms with Crippen LogP contribution in [0.1, 0.15) is 56.6 Å². The van der Waals surface area contributed by atoms with Gasteiger partial charge in [-0.25, -0.2) is 4.99 Å². The minimum atomic E-state index is 0.208. The molecule has 146 valence electrons. The molecule has 0 bridgehead atoms. The average molecular weight is 362 g/mol. The van der Waals surface area contributed by atoms with Crippen LogP contribution in [-0.2, 0) is 6.54 Å². The summed E-state index contributed by atoms with van der Waals surface area (Å²) in [5, 5.41) is 16.4. The SMILES string of the molecule is CCNC(=NCc1ccc(OC)c(C)c1)NCC1(CCO)CCCCC1. The first-order valence-corrected chi connectivity index (χ1v) is 9.89. The standard InChI is InChI=1S/C21H35N3O2/c1-4-22-20(23-15-18-8-9-19(26-3)17(2)14-18)24-16-21(12-13-25)10-6-5-7-11-21/h8-9,14,25H,4-7,10-13,15-16H2,1-3H3,(H2,22,23,24). The highest BCUT2D eigenvalue weighted by Crippen LogP contribution is 2.38. The van der Waals surface area contributed by atoms with E-state index in [1.165, 1.54) is 37.7 Å². The fourth-order valence-electron chi connectivity index (χ4n) is 3.88. The van der Waals surface area contributed by atoms with Gasteiger partial charge in [0.05, 0.1) is 13.7 Å². The van der Waals surface area contributed by atoms with E-state index in [2.05, 4.69) is 36.6 Å². The van der Waals surface area contributed by atoms with E-state index in [4.69, 9.17) is 9.73 Å². The maximum atomic E-state index is 9.49. The first-order valence-electron chi connectivity index (χ1n) is 9.89. The number of nitrogens with one attached hydrogen (secondary N) is 2. The van der Waals surface area contributed by atoms with Crippen LogP contribution in [0.2, 0.25) is 0 Å². The summed E-state index contributed by atoms with van der Waals surface area (Å²) >= 11 is 0. The third kappa shape index (κ3) is 5.90. The van der Waals surface area contributed by atoms with Gasteiger partial charge in [-0.2, -0.15) is 0 Å². The Morgan fingerprint density at radius 1 is 1.23 bits per heavy atom. The molecule has 0 amide bonds. The summed E-state index contributed by atoms with van der Waals surface area (Å²) in [6, 6.07) is 6.19. The lowest BCUT2D eigenvalue weighted by molar-refractivity contribution is 0.131. The second-order valence-electron chi connectivity index (χ2n) is 7.39. The molecule has 3 N–H and O–H groups in total.